The average molecular weight is 263 g/mol. The largest absolute Gasteiger partial charge is 0.497 e. The van der Waals surface area contributed by atoms with Crippen LogP contribution >= 0.6 is 0 Å². The van der Waals surface area contributed by atoms with E-state index < -0.39 is 23.2 Å². The van der Waals surface area contributed by atoms with Gasteiger partial charge in [0.2, 0.25) is 5.91 Å². The number of benzene rings is 1. The summed E-state index contributed by atoms with van der Waals surface area (Å²) in [4.78, 5) is 23.1. The van der Waals surface area contributed by atoms with Gasteiger partial charge in [-0.1, -0.05) is 19.9 Å². The lowest BCUT2D eigenvalue weighted by molar-refractivity contribution is -0.140. The molecule has 2 N–H and O–H groups in total. The molecule has 0 heterocycles. The van der Waals surface area contributed by atoms with Crippen LogP contribution in [-0.4, -0.2) is 24.1 Å². The molecule has 0 saturated heterocycles. The van der Waals surface area contributed by atoms with Gasteiger partial charge in [0.1, 0.15) is 5.75 Å². The maximum atomic E-state index is 12.1. The summed E-state index contributed by atoms with van der Waals surface area (Å²) in [6.45, 7) is 3.59. The van der Waals surface area contributed by atoms with Crippen molar-refractivity contribution < 1.29 is 19.4 Å². The highest BCUT2D eigenvalue weighted by Crippen LogP contribution is 2.58. The fourth-order valence-electron chi connectivity index (χ4n) is 2.51. The Balaban J connectivity index is 2.08. The predicted octanol–water partition coefficient (Wildman–Crippen LogP) is 1.99. The maximum absolute atomic E-state index is 12.1. The first-order valence-corrected chi connectivity index (χ1v) is 6.05. The normalized spacial score (nSPS) is 23.5. The van der Waals surface area contributed by atoms with Crippen LogP contribution in [0.15, 0.2) is 24.3 Å². The summed E-state index contributed by atoms with van der Waals surface area (Å²) in [6, 6.07) is 6.98. The smallest absolute Gasteiger partial charge is 0.307 e. The second-order valence-electron chi connectivity index (χ2n) is 5.34. The minimum Gasteiger partial charge on any atom is -0.497 e. The molecule has 2 atom stereocenters. The number of methoxy groups -OCH3 is 1. The van der Waals surface area contributed by atoms with Gasteiger partial charge in [-0.25, -0.2) is 0 Å². The Labute approximate surface area is 111 Å². The molecule has 2 rings (SSSR count). The average Bonchev–Trinajstić information content (AvgIpc) is 2.93. The minimum absolute atomic E-state index is 0.259. The Morgan fingerprint density at radius 1 is 1.32 bits per heavy atom. The molecule has 0 aliphatic heterocycles. The number of carbonyl (C=O) groups is 2. The van der Waals surface area contributed by atoms with Crippen LogP contribution in [0.4, 0.5) is 5.69 Å². The van der Waals surface area contributed by atoms with Crippen molar-refractivity contribution in [2.75, 3.05) is 12.4 Å². The van der Waals surface area contributed by atoms with Crippen LogP contribution in [0.2, 0.25) is 0 Å². The second kappa shape index (κ2) is 4.57. The van der Waals surface area contributed by atoms with E-state index in [0.29, 0.717) is 11.4 Å². The molecule has 19 heavy (non-hydrogen) atoms. The van der Waals surface area contributed by atoms with Gasteiger partial charge in [-0.05, 0) is 17.5 Å². The standard InChI is InChI=1S/C14H17NO4/c1-14(2)10(11(14)13(17)18)12(16)15-8-5-4-6-9(7-8)19-3/h4-7,10-11H,1-3H3,(H,15,16)(H,17,18). The molecule has 0 aromatic heterocycles. The lowest BCUT2D eigenvalue weighted by Crippen LogP contribution is -2.17. The third-order valence-electron chi connectivity index (χ3n) is 3.71. The number of rotatable bonds is 4. The van der Waals surface area contributed by atoms with Gasteiger partial charge in [0.05, 0.1) is 18.9 Å². The Hall–Kier alpha value is -2.04. The first kappa shape index (κ1) is 13.4. The van der Waals surface area contributed by atoms with E-state index in [1.807, 2.05) is 0 Å². The van der Waals surface area contributed by atoms with Gasteiger partial charge in [0.15, 0.2) is 0 Å². The van der Waals surface area contributed by atoms with Crippen molar-refractivity contribution in [1.82, 2.24) is 0 Å². The van der Waals surface area contributed by atoms with Crippen LogP contribution < -0.4 is 10.1 Å². The second-order valence-corrected chi connectivity index (χ2v) is 5.34. The summed E-state index contributed by atoms with van der Waals surface area (Å²) in [5.41, 5.74) is 0.116. The molecule has 1 saturated carbocycles. The van der Waals surface area contributed by atoms with E-state index in [-0.39, 0.29) is 5.91 Å². The topological polar surface area (TPSA) is 75.6 Å². The number of anilines is 1. The molecular formula is C14H17NO4. The molecule has 102 valence electrons. The third kappa shape index (κ3) is 2.41. The molecule has 1 amide bonds. The first-order chi connectivity index (χ1) is 8.87. The quantitative estimate of drug-likeness (QED) is 0.871. The zero-order valence-corrected chi connectivity index (χ0v) is 11.1. The molecule has 5 heteroatoms. The van der Waals surface area contributed by atoms with Crippen molar-refractivity contribution in [3.05, 3.63) is 24.3 Å². The van der Waals surface area contributed by atoms with Gasteiger partial charge in [-0.15, -0.1) is 0 Å². The van der Waals surface area contributed by atoms with Crippen LogP contribution in [0.5, 0.6) is 5.75 Å². The summed E-state index contributed by atoms with van der Waals surface area (Å²) in [7, 11) is 1.55. The number of carboxylic acids is 1. The Kier molecular flexibility index (Phi) is 3.22. The molecule has 0 radical (unpaired) electrons. The molecule has 1 aliphatic rings. The Bertz CT molecular complexity index is 524. The maximum Gasteiger partial charge on any atom is 0.307 e. The summed E-state index contributed by atoms with van der Waals surface area (Å²) < 4.78 is 5.07. The fraction of sp³-hybridized carbons (Fsp3) is 0.429. The van der Waals surface area contributed by atoms with Crippen molar-refractivity contribution in [3.8, 4) is 5.75 Å². The SMILES string of the molecule is COc1cccc(NC(=O)C2C(C(=O)O)C2(C)C)c1. The highest BCUT2D eigenvalue weighted by Gasteiger charge is 2.65. The van der Waals surface area contributed by atoms with Gasteiger partial charge >= 0.3 is 5.97 Å². The van der Waals surface area contributed by atoms with Crippen molar-refractivity contribution >= 4 is 17.6 Å². The Morgan fingerprint density at radius 3 is 2.53 bits per heavy atom. The zero-order chi connectivity index (χ0) is 14.2. The van der Waals surface area contributed by atoms with E-state index in [1.165, 1.54) is 0 Å². The van der Waals surface area contributed by atoms with Crippen molar-refractivity contribution in [3.63, 3.8) is 0 Å². The molecule has 1 aromatic rings. The molecule has 2 unspecified atom stereocenters. The number of ether oxygens (including phenoxy) is 1. The summed E-state index contributed by atoms with van der Waals surface area (Å²) in [5.74, 6) is -1.64. The van der Waals surface area contributed by atoms with Crippen molar-refractivity contribution in [2.45, 2.75) is 13.8 Å². The molecule has 1 aromatic carbocycles. The summed E-state index contributed by atoms with van der Waals surface area (Å²) >= 11 is 0. The minimum atomic E-state index is -0.921. The first-order valence-electron chi connectivity index (χ1n) is 6.05. The van der Waals surface area contributed by atoms with Crippen LogP contribution in [-0.2, 0) is 9.59 Å². The highest BCUT2D eigenvalue weighted by atomic mass is 16.5. The van der Waals surface area contributed by atoms with Gasteiger partial charge in [-0.3, -0.25) is 9.59 Å². The van der Waals surface area contributed by atoms with Crippen LogP contribution in [0.25, 0.3) is 0 Å². The van der Waals surface area contributed by atoms with E-state index >= 15 is 0 Å². The van der Waals surface area contributed by atoms with E-state index in [1.54, 1.807) is 45.2 Å². The van der Waals surface area contributed by atoms with Crippen molar-refractivity contribution in [2.24, 2.45) is 17.3 Å². The third-order valence-corrected chi connectivity index (χ3v) is 3.71. The van der Waals surface area contributed by atoms with Crippen LogP contribution in [0.3, 0.4) is 0 Å². The molecule has 0 bridgehead atoms. The van der Waals surface area contributed by atoms with Gasteiger partial charge in [0, 0.05) is 11.8 Å². The Morgan fingerprint density at radius 2 is 2.00 bits per heavy atom. The molecule has 5 nitrogen and oxygen atoms in total. The monoisotopic (exact) mass is 263 g/mol. The van der Waals surface area contributed by atoms with Gasteiger partial charge in [0.25, 0.3) is 0 Å². The van der Waals surface area contributed by atoms with Crippen LogP contribution in [0.1, 0.15) is 13.8 Å². The number of aliphatic carboxylic acids is 1. The van der Waals surface area contributed by atoms with Crippen molar-refractivity contribution in [1.29, 1.82) is 0 Å². The van der Waals surface area contributed by atoms with E-state index in [0.717, 1.165) is 0 Å². The summed E-state index contributed by atoms with van der Waals surface area (Å²) in [6.07, 6.45) is 0. The van der Waals surface area contributed by atoms with Crippen LogP contribution in [0, 0.1) is 17.3 Å². The number of amides is 1. The number of carbonyl (C=O) groups excluding carboxylic acids is 1. The number of carboxylic acid groups (broad SMARTS) is 1. The fourth-order valence-corrected chi connectivity index (χ4v) is 2.51. The molecule has 1 fully saturated rings. The highest BCUT2D eigenvalue weighted by molar-refractivity contribution is 5.99. The number of nitrogens with one attached hydrogen (secondary N) is 1. The molecule has 0 spiro atoms. The lowest BCUT2D eigenvalue weighted by atomic mass is 10.1. The summed E-state index contributed by atoms with van der Waals surface area (Å²) in [5, 5.41) is 11.8. The van der Waals surface area contributed by atoms with E-state index in [9.17, 15) is 9.59 Å². The number of hydrogen-bond acceptors (Lipinski definition) is 3. The lowest BCUT2D eigenvalue weighted by Gasteiger charge is -2.07. The predicted molar refractivity (Wildman–Crippen MR) is 70.0 cm³/mol. The van der Waals surface area contributed by atoms with Gasteiger partial charge in [-0.2, -0.15) is 0 Å². The van der Waals surface area contributed by atoms with Gasteiger partial charge < -0.3 is 15.2 Å². The number of hydrogen-bond donors (Lipinski definition) is 2. The van der Waals surface area contributed by atoms with E-state index in [2.05, 4.69) is 5.32 Å². The van der Waals surface area contributed by atoms with E-state index in [4.69, 9.17) is 9.84 Å². The molecular weight excluding hydrogens is 246 g/mol. The zero-order valence-electron chi connectivity index (χ0n) is 11.1. The molecule has 1 aliphatic carbocycles.